The van der Waals surface area contributed by atoms with Crippen LogP contribution in [0.2, 0.25) is 0 Å². The highest BCUT2D eigenvalue weighted by Gasteiger charge is 2.42. The van der Waals surface area contributed by atoms with Gasteiger partial charge in [0.25, 0.3) is 0 Å². The fraction of sp³-hybridized carbons (Fsp3) is 0.765. The molecular formula is C34H62N6O6S. The van der Waals surface area contributed by atoms with Crippen molar-refractivity contribution in [2.45, 2.75) is 105 Å². The third-order valence-electron chi connectivity index (χ3n) is 9.19. The average Bonchev–Trinajstić information content (AvgIpc) is 3.03. The van der Waals surface area contributed by atoms with Gasteiger partial charge >= 0.3 is 0 Å². The van der Waals surface area contributed by atoms with Crippen LogP contribution < -0.4 is 10.6 Å². The monoisotopic (exact) mass is 682 g/mol. The Morgan fingerprint density at radius 3 is 1.53 bits per heavy atom. The standard InChI is InChI=1S/C34H62N6O6S/c1-16-22(7)28(30(42)35-10)39(13)33(45)26(20(3)4)36-31(43)27(21(5)6)38(12)34(46)29(23(8)17-2)40(14)32(44)24(9)37(11)25(41)18-19-47-15/h18-24,26-29H,16-17H2,1-15H3,(H,35,42)(H,36,43). The molecule has 12 nitrogen and oxygen atoms in total. The van der Waals surface area contributed by atoms with Crippen molar-refractivity contribution in [2.75, 3.05) is 41.5 Å². The summed E-state index contributed by atoms with van der Waals surface area (Å²) in [6.45, 7) is 16.5. The number of likely N-dealkylation sites (N-methyl/N-ethyl adjacent to an activating group) is 5. The number of carbonyl (C=O) groups excluding carboxylic acids is 6. The van der Waals surface area contributed by atoms with Crippen LogP contribution in [0.1, 0.15) is 75.2 Å². The normalized spacial score (nSPS) is 16.0. The van der Waals surface area contributed by atoms with E-state index in [9.17, 15) is 28.8 Å². The van der Waals surface area contributed by atoms with E-state index in [1.807, 2.05) is 61.6 Å². The van der Waals surface area contributed by atoms with Gasteiger partial charge in [-0.1, -0.05) is 68.2 Å². The second kappa shape index (κ2) is 20.3. The van der Waals surface area contributed by atoms with Crippen LogP contribution in [0.4, 0.5) is 0 Å². The molecular weight excluding hydrogens is 620 g/mol. The Morgan fingerprint density at radius 2 is 1.11 bits per heavy atom. The summed E-state index contributed by atoms with van der Waals surface area (Å²) >= 11 is 1.37. The molecule has 0 aliphatic heterocycles. The fourth-order valence-electron chi connectivity index (χ4n) is 5.61. The highest BCUT2D eigenvalue weighted by atomic mass is 32.2. The third-order valence-corrected chi connectivity index (χ3v) is 9.60. The molecule has 7 unspecified atom stereocenters. The molecule has 0 aliphatic rings. The van der Waals surface area contributed by atoms with Gasteiger partial charge in [-0.15, -0.1) is 11.8 Å². The zero-order valence-corrected chi connectivity index (χ0v) is 32.2. The van der Waals surface area contributed by atoms with Gasteiger partial charge in [0.1, 0.15) is 30.2 Å². The molecule has 0 saturated carbocycles. The minimum Gasteiger partial charge on any atom is -0.357 e. The van der Waals surface area contributed by atoms with Gasteiger partial charge in [0, 0.05) is 41.3 Å². The van der Waals surface area contributed by atoms with Crippen molar-refractivity contribution < 1.29 is 28.8 Å². The molecule has 0 saturated heterocycles. The lowest BCUT2D eigenvalue weighted by Gasteiger charge is -2.40. The van der Waals surface area contributed by atoms with E-state index in [1.165, 1.54) is 51.5 Å². The van der Waals surface area contributed by atoms with E-state index in [0.717, 1.165) is 0 Å². The molecule has 270 valence electrons. The summed E-state index contributed by atoms with van der Waals surface area (Å²) < 4.78 is 0. The second-order valence-electron chi connectivity index (χ2n) is 13.2. The number of thioether (sulfide) groups is 1. The third kappa shape index (κ3) is 11.5. The Kier molecular flexibility index (Phi) is 19.0. The van der Waals surface area contributed by atoms with Gasteiger partial charge in [-0.05, 0) is 42.3 Å². The molecule has 0 radical (unpaired) electrons. The van der Waals surface area contributed by atoms with Crippen LogP contribution in [-0.4, -0.2) is 127 Å². The Labute approximate surface area is 287 Å². The first-order chi connectivity index (χ1) is 21.8. The zero-order valence-electron chi connectivity index (χ0n) is 31.4. The van der Waals surface area contributed by atoms with Crippen LogP contribution >= 0.6 is 11.8 Å². The first-order valence-corrected chi connectivity index (χ1v) is 17.8. The summed E-state index contributed by atoms with van der Waals surface area (Å²) in [6, 6.07) is -4.37. The van der Waals surface area contributed by atoms with Crippen molar-refractivity contribution in [3.8, 4) is 0 Å². The minimum absolute atomic E-state index is 0.121. The van der Waals surface area contributed by atoms with Crippen molar-refractivity contribution in [2.24, 2.45) is 23.7 Å². The zero-order chi connectivity index (χ0) is 36.9. The Hall–Kier alpha value is -3.09. The summed E-state index contributed by atoms with van der Waals surface area (Å²) in [5, 5.41) is 7.17. The molecule has 7 atom stereocenters. The topological polar surface area (TPSA) is 139 Å². The molecule has 47 heavy (non-hydrogen) atoms. The quantitative estimate of drug-likeness (QED) is 0.212. The largest absolute Gasteiger partial charge is 0.357 e. The lowest BCUT2D eigenvalue weighted by atomic mass is 9.93. The van der Waals surface area contributed by atoms with E-state index in [-0.39, 0.29) is 35.5 Å². The molecule has 0 aliphatic carbocycles. The first-order valence-electron chi connectivity index (χ1n) is 16.5. The molecule has 6 amide bonds. The molecule has 0 aromatic heterocycles. The van der Waals surface area contributed by atoms with Gasteiger partial charge in [0.2, 0.25) is 35.4 Å². The van der Waals surface area contributed by atoms with Crippen LogP contribution in [-0.2, 0) is 28.8 Å². The van der Waals surface area contributed by atoms with E-state index in [2.05, 4.69) is 10.6 Å². The van der Waals surface area contributed by atoms with Crippen molar-refractivity contribution in [1.29, 1.82) is 0 Å². The SMILES string of the molecule is CCC(C)C(C(=O)NC)N(C)C(=O)C(NC(=O)C(C(C)C)N(C)C(=O)C(C(C)CC)N(C)C(=O)C(C)N(C)C(=O)C=CSC)C(C)C. The molecule has 13 heteroatoms. The van der Waals surface area contributed by atoms with E-state index >= 15 is 0 Å². The summed E-state index contributed by atoms with van der Waals surface area (Å²) in [4.78, 5) is 86.4. The van der Waals surface area contributed by atoms with Gasteiger partial charge in [-0.25, -0.2) is 0 Å². The maximum Gasteiger partial charge on any atom is 0.247 e. The molecule has 2 N–H and O–H groups in total. The van der Waals surface area contributed by atoms with Gasteiger partial charge in [0.05, 0.1) is 0 Å². The number of hydrogen-bond acceptors (Lipinski definition) is 7. The number of rotatable bonds is 18. The average molecular weight is 683 g/mol. The number of hydrogen-bond donors (Lipinski definition) is 2. The first kappa shape index (κ1) is 43.9. The maximum atomic E-state index is 14.2. The Bertz CT molecular complexity index is 1110. The van der Waals surface area contributed by atoms with E-state index in [1.54, 1.807) is 33.5 Å². The van der Waals surface area contributed by atoms with Crippen molar-refractivity contribution in [3.63, 3.8) is 0 Å². The van der Waals surface area contributed by atoms with Crippen LogP contribution in [0.5, 0.6) is 0 Å². The number of carbonyl (C=O) groups is 6. The summed E-state index contributed by atoms with van der Waals surface area (Å²) in [5.41, 5.74) is 0. The number of nitrogens with zero attached hydrogens (tertiary/aromatic N) is 4. The van der Waals surface area contributed by atoms with Gasteiger partial charge < -0.3 is 30.2 Å². The van der Waals surface area contributed by atoms with Crippen LogP contribution in [0.15, 0.2) is 11.5 Å². The summed E-state index contributed by atoms with van der Waals surface area (Å²) in [6.07, 6.45) is 4.47. The predicted octanol–water partition coefficient (Wildman–Crippen LogP) is 2.83. The molecule has 0 fully saturated rings. The summed E-state index contributed by atoms with van der Waals surface area (Å²) in [7, 11) is 7.72. The van der Waals surface area contributed by atoms with Gasteiger partial charge in [-0.2, -0.15) is 0 Å². The van der Waals surface area contributed by atoms with Crippen LogP contribution in [0.3, 0.4) is 0 Å². The molecule has 0 aromatic carbocycles. The molecule has 0 aromatic rings. The van der Waals surface area contributed by atoms with Crippen molar-refractivity contribution in [3.05, 3.63) is 11.5 Å². The highest BCUT2D eigenvalue weighted by molar-refractivity contribution is 8.01. The predicted molar refractivity (Wildman–Crippen MR) is 189 cm³/mol. The van der Waals surface area contributed by atoms with E-state index in [4.69, 9.17) is 0 Å². The second-order valence-corrected chi connectivity index (χ2v) is 13.9. The minimum atomic E-state index is -0.959. The number of nitrogens with one attached hydrogen (secondary N) is 2. The summed E-state index contributed by atoms with van der Waals surface area (Å²) in [5.74, 6) is -3.39. The van der Waals surface area contributed by atoms with E-state index in [0.29, 0.717) is 12.8 Å². The van der Waals surface area contributed by atoms with Gasteiger partial charge in [-0.3, -0.25) is 28.8 Å². The highest BCUT2D eigenvalue weighted by Crippen LogP contribution is 2.22. The smallest absolute Gasteiger partial charge is 0.247 e. The van der Waals surface area contributed by atoms with Crippen LogP contribution in [0, 0.1) is 23.7 Å². The molecule has 0 rings (SSSR count). The maximum absolute atomic E-state index is 14.2. The lowest BCUT2D eigenvalue weighted by Crippen LogP contribution is -2.62. The van der Waals surface area contributed by atoms with Crippen molar-refractivity contribution in [1.82, 2.24) is 30.2 Å². The number of amides is 6. The van der Waals surface area contributed by atoms with Crippen molar-refractivity contribution >= 4 is 47.2 Å². The fourth-order valence-corrected chi connectivity index (χ4v) is 5.87. The van der Waals surface area contributed by atoms with Gasteiger partial charge in [0.15, 0.2) is 0 Å². The lowest BCUT2D eigenvalue weighted by molar-refractivity contribution is -0.153. The molecule has 0 spiro atoms. The Balaban J connectivity index is 6.40. The van der Waals surface area contributed by atoms with E-state index < -0.39 is 53.8 Å². The Morgan fingerprint density at radius 1 is 0.638 bits per heavy atom. The van der Waals surface area contributed by atoms with Crippen LogP contribution in [0.25, 0.3) is 0 Å². The molecule has 0 bridgehead atoms. The molecule has 0 heterocycles.